The summed E-state index contributed by atoms with van der Waals surface area (Å²) in [4.78, 5) is 31.6. The molecule has 1 aliphatic rings. The van der Waals surface area contributed by atoms with Crippen molar-refractivity contribution < 1.29 is 14.3 Å². The lowest BCUT2D eigenvalue weighted by Crippen LogP contribution is -2.39. The molecular formula is C24H21BrN2O4S. The van der Waals surface area contributed by atoms with Gasteiger partial charge in [-0.25, -0.2) is 9.79 Å². The molecular weight excluding hydrogens is 492 g/mol. The van der Waals surface area contributed by atoms with Gasteiger partial charge in [-0.3, -0.25) is 9.36 Å². The molecule has 3 aromatic rings. The molecule has 0 fully saturated rings. The highest BCUT2D eigenvalue weighted by Gasteiger charge is 2.33. The summed E-state index contributed by atoms with van der Waals surface area (Å²) < 4.78 is 13.5. The topological polar surface area (TPSA) is 69.9 Å². The number of methoxy groups -OCH3 is 1. The highest BCUT2D eigenvalue weighted by atomic mass is 79.9. The highest BCUT2D eigenvalue weighted by Crippen LogP contribution is 2.34. The summed E-state index contributed by atoms with van der Waals surface area (Å²) in [6.07, 6.45) is 1.84. The van der Waals surface area contributed by atoms with E-state index in [1.807, 2.05) is 48.5 Å². The molecule has 32 heavy (non-hydrogen) atoms. The van der Waals surface area contributed by atoms with Crippen LogP contribution in [-0.2, 0) is 9.53 Å². The molecule has 1 aliphatic heterocycles. The van der Waals surface area contributed by atoms with Crippen molar-refractivity contribution in [1.82, 2.24) is 4.57 Å². The van der Waals surface area contributed by atoms with Gasteiger partial charge >= 0.3 is 5.97 Å². The van der Waals surface area contributed by atoms with Crippen LogP contribution in [0.25, 0.3) is 6.08 Å². The number of hydrogen-bond acceptors (Lipinski definition) is 6. The molecule has 0 N–H and O–H groups in total. The Morgan fingerprint density at radius 1 is 1.25 bits per heavy atom. The minimum Gasteiger partial charge on any atom is -0.496 e. The van der Waals surface area contributed by atoms with Crippen molar-refractivity contribution in [2.24, 2.45) is 4.99 Å². The van der Waals surface area contributed by atoms with Gasteiger partial charge in [0.15, 0.2) is 4.80 Å². The molecule has 0 saturated carbocycles. The number of carbonyl (C=O) groups excluding carboxylic acids is 1. The van der Waals surface area contributed by atoms with E-state index < -0.39 is 12.0 Å². The second-order valence-corrected chi connectivity index (χ2v) is 8.97. The fraction of sp³-hybridized carbons (Fsp3) is 0.208. The van der Waals surface area contributed by atoms with Crippen LogP contribution in [0.3, 0.4) is 0 Å². The third kappa shape index (κ3) is 4.08. The van der Waals surface area contributed by atoms with Gasteiger partial charge in [0.05, 0.1) is 40.0 Å². The third-order valence-corrected chi connectivity index (χ3v) is 6.71. The summed E-state index contributed by atoms with van der Waals surface area (Å²) >= 11 is 4.82. The first-order valence-corrected chi connectivity index (χ1v) is 11.6. The molecule has 0 bridgehead atoms. The molecule has 164 valence electrons. The van der Waals surface area contributed by atoms with E-state index >= 15 is 0 Å². The number of aromatic nitrogens is 1. The molecule has 2 heterocycles. The van der Waals surface area contributed by atoms with Gasteiger partial charge in [0.25, 0.3) is 5.56 Å². The Bertz CT molecular complexity index is 1390. The van der Waals surface area contributed by atoms with Crippen molar-refractivity contribution in [2.75, 3.05) is 13.7 Å². The number of carbonyl (C=O) groups is 1. The first kappa shape index (κ1) is 22.2. The Hall–Kier alpha value is -2.97. The van der Waals surface area contributed by atoms with Crippen LogP contribution in [-0.4, -0.2) is 24.3 Å². The number of fused-ring (bicyclic) bond motifs is 1. The normalized spacial score (nSPS) is 15.9. The Morgan fingerprint density at radius 2 is 2.00 bits per heavy atom. The predicted molar refractivity (Wildman–Crippen MR) is 128 cm³/mol. The van der Waals surface area contributed by atoms with Crippen molar-refractivity contribution in [3.05, 3.63) is 95.1 Å². The van der Waals surface area contributed by atoms with E-state index in [0.717, 1.165) is 15.6 Å². The third-order valence-electron chi connectivity index (χ3n) is 5.11. The van der Waals surface area contributed by atoms with Crippen LogP contribution in [0.1, 0.15) is 31.0 Å². The zero-order valence-electron chi connectivity index (χ0n) is 17.8. The van der Waals surface area contributed by atoms with Gasteiger partial charge in [-0.05, 0) is 59.1 Å². The second kappa shape index (κ2) is 9.26. The molecule has 4 rings (SSSR count). The zero-order chi connectivity index (χ0) is 22.8. The summed E-state index contributed by atoms with van der Waals surface area (Å²) in [5.74, 6) is 0.173. The number of allylic oxidation sites excluding steroid dienone is 1. The van der Waals surface area contributed by atoms with E-state index in [4.69, 9.17) is 9.47 Å². The number of hydrogen-bond donors (Lipinski definition) is 0. The van der Waals surface area contributed by atoms with Gasteiger partial charge in [0.2, 0.25) is 0 Å². The largest absolute Gasteiger partial charge is 0.496 e. The van der Waals surface area contributed by atoms with E-state index in [-0.39, 0.29) is 12.2 Å². The number of esters is 1. The van der Waals surface area contributed by atoms with Crippen LogP contribution in [0, 0.1) is 0 Å². The average Bonchev–Trinajstić information content (AvgIpc) is 3.08. The van der Waals surface area contributed by atoms with Gasteiger partial charge in [-0.2, -0.15) is 0 Å². The summed E-state index contributed by atoms with van der Waals surface area (Å²) in [6.45, 7) is 3.75. The lowest BCUT2D eigenvalue weighted by Gasteiger charge is -2.25. The Morgan fingerprint density at radius 3 is 2.66 bits per heavy atom. The van der Waals surface area contributed by atoms with Gasteiger partial charge in [-0.15, -0.1) is 0 Å². The number of halogens is 1. The fourth-order valence-corrected chi connectivity index (χ4v) is 5.27. The molecule has 0 spiro atoms. The molecule has 0 radical (unpaired) electrons. The van der Waals surface area contributed by atoms with Crippen molar-refractivity contribution in [3.63, 3.8) is 0 Å². The number of ether oxygens (including phenoxy) is 2. The first-order chi connectivity index (χ1) is 15.4. The van der Waals surface area contributed by atoms with Crippen LogP contribution in [0.4, 0.5) is 0 Å². The number of thiazole rings is 1. The van der Waals surface area contributed by atoms with Crippen LogP contribution in [0.2, 0.25) is 0 Å². The molecule has 2 aromatic carbocycles. The minimum atomic E-state index is -0.662. The highest BCUT2D eigenvalue weighted by molar-refractivity contribution is 9.10. The van der Waals surface area contributed by atoms with Crippen LogP contribution in [0.15, 0.2) is 74.1 Å². The van der Waals surface area contributed by atoms with E-state index in [9.17, 15) is 9.59 Å². The standard InChI is InChI=1S/C24H21BrN2O4S/c1-4-31-23(29)20-14(2)26-24-27(21(20)16-10-11-18(30-3)17(25)13-16)22(28)19(32-24)12-15-8-6-5-7-9-15/h5-13,21H,4H2,1-3H3/b19-12+/t21-/m1/s1. The molecule has 0 amide bonds. The first-order valence-electron chi connectivity index (χ1n) is 10.0. The molecule has 6 nitrogen and oxygen atoms in total. The van der Waals surface area contributed by atoms with Crippen molar-refractivity contribution in [3.8, 4) is 5.75 Å². The van der Waals surface area contributed by atoms with Gasteiger partial charge in [0, 0.05) is 0 Å². The lowest BCUT2D eigenvalue weighted by molar-refractivity contribution is -0.139. The summed E-state index contributed by atoms with van der Waals surface area (Å²) in [5.41, 5.74) is 2.35. The number of benzene rings is 2. The SMILES string of the molecule is CCOC(=O)C1=C(C)N=c2s/c(=C/c3ccccc3)c(=O)n2[C@@H]1c1ccc(OC)c(Br)c1. The molecule has 0 unspecified atom stereocenters. The molecule has 1 atom stereocenters. The maximum absolute atomic E-state index is 13.5. The molecule has 1 aromatic heterocycles. The van der Waals surface area contributed by atoms with Gasteiger partial charge in [0.1, 0.15) is 5.75 Å². The monoisotopic (exact) mass is 512 g/mol. The fourth-order valence-electron chi connectivity index (χ4n) is 3.66. The second-order valence-electron chi connectivity index (χ2n) is 7.11. The average molecular weight is 513 g/mol. The maximum Gasteiger partial charge on any atom is 0.338 e. The Kier molecular flexibility index (Phi) is 6.43. The predicted octanol–water partition coefficient (Wildman–Crippen LogP) is 3.57. The molecule has 0 saturated heterocycles. The van der Waals surface area contributed by atoms with E-state index in [2.05, 4.69) is 20.9 Å². The van der Waals surface area contributed by atoms with E-state index in [1.165, 1.54) is 11.3 Å². The Labute approximate surface area is 197 Å². The van der Waals surface area contributed by atoms with E-state index in [1.54, 1.807) is 31.6 Å². The molecule has 8 heteroatoms. The number of nitrogens with zero attached hydrogens (tertiary/aromatic N) is 2. The zero-order valence-corrected chi connectivity index (χ0v) is 20.2. The van der Waals surface area contributed by atoms with Crippen LogP contribution < -0.4 is 19.6 Å². The minimum absolute atomic E-state index is 0.205. The van der Waals surface area contributed by atoms with E-state index in [0.29, 0.717) is 26.4 Å². The maximum atomic E-state index is 13.5. The number of rotatable bonds is 5. The van der Waals surface area contributed by atoms with Gasteiger partial charge < -0.3 is 9.47 Å². The van der Waals surface area contributed by atoms with Crippen molar-refractivity contribution in [2.45, 2.75) is 19.9 Å². The Balaban J connectivity index is 1.97. The van der Waals surface area contributed by atoms with Crippen LogP contribution >= 0.6 is 27.3 Å². The lowest BCUT2D eigenvalue weighted by atomic mass is 9.96. The summed E-state index contributed by atoms with van der Waals surface area (Å²) in [7, 11) is 1.58. The molecule has 0 aliphatic carbocycles. The van der Waals surface area contributed by atoms with Crippen LogP contribution in [0.5, 0.6) is 5.75 Å². The smallest absolute Gasteiger partial charge is 0.338 e. The summed E-state index contributed by atoms with van der Waals surface area (Å²) in [6, 6.07) is 14.5. The quantitative estimate of drug-likeness (QED) is 0.490. The van der Waals surface area contributed by atoms with Gasteiger partial charge in [-0.1, -0.05) is 47.7 Å². The summed E-state index contributed by atoms with van der Waals surface area (Å²) in [5, 5.41) is 0. The van der Waals surface area contributed by atoms with Crippen molar-refractivity contribution in [1.29, 1.82) is 0 Å². The van der Waals surface area contributed by atoms with Crippen molar-refractivity contribution >= 4 is 39.3 Å².